The molecule has 0 saturated heterocycles. The molecule has 0 bridgehead atoms. The monoisotopic (exact) mass is 186 g/mol. The first-order valence-electron chi connectivity index (χ1n) is 4.94. The fourth-order valence-electron chi connectivity index (χ4n) is 1.32. The van der Waals surface area contributed by atoms with Gasteiger partial charge in [0.2, 0.25) is 0 Å². The van der Waals surface area contributed by atoms with E-state index in [9.17, 15) is 4.79 Å². The van der Waals surface area contributed by atoms with Gasteiger partial charge in [-0.15, -0.1) is 0 Å². The molecule has 0 aromatic rings. The number of unbranched alkanes of at least 4 members (excludes halogenated alkanes) is 1. The van der Waals surface area contributed by atoms with Crippen LogP contribution in [0, 0.1) is 0 Å². The standard InChI is InChI=1S/C9H18N2O2/c1-2-3-4-10-9(13)11-7-5-8(12)6-7/h7-8,12H,2-6H2,1H3,(H2,10,11,13). The number of amides is 2. The van der Waals surface area contributed by atoms with Gasteiger partial charge in [-0.25, -0.2) is 4.79 Å². The Bertz CT molecular complexity index is 167. The van der Waals surface area contributed by atoms with Crippen LogP contribution in [-0.4, -0.2) is 29.8 Å². The number of aliphatic hydroxyl groups excluding tert-OH is 1. The number of rotatable bonds is 4. The largest absolute Gasteiger partial charge is 0.393 e. The van der Waals surface area contributed by atoms with E-state index in [1.54, 1.807) is 0 Å². The van der Waals surface area contributed by atoms with Gasteiger partial charge in [-0.2, -0.15) is 0 Å². The minimum absolute atomic E-state index is 0.106. The lowest BCUT2D eigenvalue weighted by Gasteiger charge is -2.31. The second kappa shape index (κ2) is 5.07. The van der Waals surface area contributed by atoms with Crippen LogP contribution >= 0.6 is 0 Å². The number of hydrogen-bond acceptors (Lipinski definition) is 2. The molecule has 0 aromatic carbocycles. The van der Waals surface area contributed by atoms with Crippen molar-refractivity contribution in [3.05, 3.63) is 0 Å². The summed E-state index contributed by atoms with van der Waals surface area (Å²) in [6.07, 6.45) is 3.28. The van der Waals surface area contributed by atoms with Gasteiger partial charge in [0.05, 0.1) is 6.10 Å². The quantitative estimate of drug-likeness (QED) is 0.563. The molecule has 2 amide bonds. The molecular weight excluding hydrogens is 168 g/mol. The molecule has 0 aromatic heterocycles. The highest BCUT2D eigenvalue weighted by Crippen LogP contribution is 2.18. The van der Waals surface area contributed by atoms with E-state index in [1.165, 1.54) is 0 Å². The second-order valence-corrected chi connectivity index (χ2v) is 3.58. The Morgan fingerprint density at radius 2 is 2.23 bits per heavy atom. The van der Waals surface area contributed by atoms with Crippen molar-refractivity contribution >= 4 is 6.03 Å². The molecule has 0 spiro atoms. The molecule has 1 aliphatic rings. The SMILES string of the molecule is CCCCNC(=O)NC1CC(O)C1. The third-order valence-corrected chi connectivity index (χ3v) is 2.26. The molecule has 76 valence electrons. The van der Waals surface area contributed by atoms with Crippen LogP contribution in [-0.2, 0) is 0 Å². The molecule has 13 heavy (non-hydrogen) atoms. The van der Waals surface area contributed by atoms with Crippen LogP contribution in [0.2, 0.25) is 0 Å². The maximum Gasteiger partial charge on any atom is 0.315 e. The minimum atomic E-state index is -0.207. The van der Waals surface area contributed by atoms with Gasteiger partial charge in [0, 0.05) is 12.6 Å². The van der Waals surface area contributed by atoms with E-state index in [2.05, 4.69) is 17.6 Å². The van der Waals surface area contributed by atoms with Gasteiger partial charge in [0.1, 0.15) is 0 Å². The van der Waals surface area contributed by atoms with Crippen molar-refractivity contribution in [1.29, 1.82) is 0 Å². The number of aliphatic hydroxyl groups is 1. The van der Waals surface area contributed by atoms with E-state index < -0.39 is 0 Å². The Labute approximate surface area is 78.7 Å². The van der Waals surface area contributed by atoms with Crippen LogP contribution in [0.25, 0.3) is 0 Å². The van der Waals surface area contributed by atoms with Crippen molar-refractivity contribution in [2.75, 3.05) is 6.54 Å². The van der Waals surface area contributed by atoms with E-state index in [-0.39, 0.29) is 18.2 Å². The number of nitrogens with one attached hydrogen (secondary N) is 2. The number of carbonyl (C=O) groups is 1. The topological polar surface area (TPSA) is 61.4 Å². The van der Waals surface area contributed by atoms with Gasteiger partial charge in [-0.1, -0.05) is 13.3 Å². The molecule has 4 nitrogen and oxygen atoms in total. The Morgan fingerprint density at radius 1 is 1.54 bits per heavy atom. The van der Waals surface area contributed by atoms with Gasteiger partial charge in [0.15, 0.2) is 0 Å². The summed E-state index contributed by atoms with van der Waals surface area (Å²) in [5, 5.41) is 14.5. The average Bonchev–Trinajstić information content (AvgIpc) is 2.02. The summed E-state index contributed by atoms with van der Waals surface area (Å²) >= 11 is 0. The summed E-state index contributed by atoms with van der Waals surface area (Å²) in [5.41, 5.74) is 0. The van der Waals surface area contributed by atoms with Crippen LogP contribution in [0.5, 0.6) is 0 Å². The maximum atomic E-state index is 11.1. The van der Waals surface area contributed by atoms with E-state index in [4.69, 9.17) is 5.11 Å². The summed E-state index contributed by atoms with van der Waals surface area (Å²) in [5.74, 6) is 0. The molecule has 4 heteroatoms. The summed E-state index contributed by atoms with van der Waals surface area (Å²) in [7, 11) is 0. The van der Waals surface area contributed by atoms with Crippen molar-refractivity contribution < 1.29 is 9.90 Å². The Hall–Kier alpha value is -0.770. The van der Waals surface area contributed by atoms with Gasteiger partial charge < -0.3 is 15.7 Å². The van der Waals surface area contributed by atoms with Gasteiger partial charge >= 0.3 is 6.03 Å². The second-order valence-electron chi connectivity index (χ2n) is 3.58. The van der Waals surface area contributed by atoms with Crippen molar-refractivity contribution in [2.45, 2.75) is 44.8 Å². The van der Waals surface area contributed by atoms with E-state index >= 15 is 0 Å². The van der Waals surface area contributed by atoms with Gasteiger partial charge in [-0.3, -0.25) is 0 Å². The van der Waals surface area contributed by atoms with Crippen molar-refractivity contribution in [3.63, 3.8) is 0 Å². The number of hydrogen-bond donors (Lipinski definition) is 3. The minimum Gasteiger partial charge on any atom is -0.393 e. The third kappa shape index (κ3) is 3.63. The van der Waals surface area contributed by atoms with Crippen molar-refractivity contribution in [3.8, 4) is 0 Å². The molecule has 0 radical (unpaired) electrons. The zero-order chi connectivity index (χ0) is 9.68. The fraction of sp³-hybridized carbons (Fsp3) is 0.889. The van der Waals surface area contributed by atoms with E-state index in [1.807, 2.05) is 0 Å². The van der Waals surface area contributed by atoms with Crippen molar-refractivity contribution in [2.24, 2.45) is 0 Å². The van der Waals surface area contributed by atoms with Gasteiger partial charge in [0.25, 0.3) is 0 Å². The molecule has 1 aliphatic carbocycles. The molecule has 1 rings (SSSR count). The third-order valence-electron chi connectivity index (χ3n) is 2.26. The average molecular weight is 186 g/mol. The fourth-order valence-corrected chi connectivity index (χ4v) is 1.32. The predicted octanol–water partition coefficient (Wildman–Crippen LogP) is 0.609. The zero-order valence-corrected chi connectivity index (χ0v) is 8.05. The van der Waals surface area contributed by atoms with Gasteiger partial charge in [-0.05, 0) is 19.3 Å². The first-order chi connectivity index (χ1) is 6.22. The summed E-state index contributed by atoms with van der Waals surface area (Å²) in [4.78, 5) is 11.1. The summed E-state index contributed by atoms with van der Waals surface area (Å²) in [6, 6.07) is 0.0713. The van der Waals surface area contributed by atoms with Crippen LogP contribution in [0.15, 0.2) is 0 Å². The van der Waals surface area contributed by atoms with Crippen LogP contribution in [0.1, 0.15) is 32.6 Å². The molecule has 0 unspecified atom stereocenters. The lowest BCUT2D eigenvalue weighted by atomic mass is 9.90. The molecule has 1 fully saturated rings. The first kappa shape index (κ1) is 10.3. The van der Waals surface area contributed by atoms with Crippen LogP contribution in [0.3, 0.4) is 0 Å². The highest BCUT2D eigenvalue weighted by Gasteiger charge is 2.27. The lowest BCUT2D eigenvalue weighted by Crippen LogP contribution is -2.50. The Kier molecular flexibility index (Phi) is 4.02. The number of urea groups is 1. The molecule has 0 heterocycles. The number of carbonyl (C=O) groups excluding carboxylic acids is 1. The molecule has 0 aliphatic heterocycles. The molecular formula is C9H18N2O2. The molecule has 0 atom stereocenters. The van der Waals surface area contributed by atoms with E-state index in [0.29, 0.717) is 12.8 Å². The van der Waals surface area contributed by atoms with Crippen LogP contribution in [0.4, 0.5) is 4.79 Å². The predicted molar refractivity (Wildman–Crippen MR) is 50.5 cm³/mol. The summed E-state index contributed by atoms with van der Waals surface area (Å²) < 4.78 is 0. The Balaban J connectivity index is 1.98. The van der Waals surface area contributed by atoms with E-state index in [0.717, 1.165) is 19.4 Å². The first-order valence-corrected chi connectivity index (χ1v) is 4.94. The molecule has 3 N–H and O–H groups in total. The highest BCUT2D eigenvalue weighted by molar-refractivity contribution is 5.74. The highest BCUT2D eigenvalue weighted by atomic mass is 16.3. The molecule has 1 saturated carbocycles. The van der Waals surface area contributed by atoms with Crippen molar-refractivity contribution in [1.82, 2.24) is 10.6 Å². The maximum absolute atomic E-state index is 11.1. The smallest absolute Gasteiger partial charge is 0.315 e. The normalized spacial score (nSPS) is 26.3. The zero-order valence-electron chi connectivity index (χ0n) is 8.05. The lowest BCUT2D eigenvalue weighted by molar-refractivity contribution is 0.0663. The van der Waals surface area contributed by atoms with Crippen LogP contribution < -0.4 is 10.6 Å². The summed E-state index contributed by atoms with van der Waals surface area (Å²) in [6.45, 7) is 2.82. The Morgan fingerprint density at radius 3 is 2.77 bits per heavy atom.